The number of esters is 1. The van der Waals surface area contributed by atoms with Gasteiger partial charge in [-0.25, -0.2) is 9.48 Å². The van der Waals surface area contributed by atoms with Gasteiger partial charge in [-0.15, -0.1) is 0 Å². The fraction of sp³-hybridized carbons (Fsp3) is 0.500. The van der Waals surface area contributed by atoms with Crippen LogP contribution in [-0.2, 0) is 22.4 Å². The lowest BCUT2D eigenvalue weighted by atomic mass is 9.95. The highest BCUT2D eigenvalue weighted by molar-refractivity contribution is 5.92. The van der Waals surface area contributed by atoms with E-state index in [-0.39, 0.29) is 11.9 Å². The number of rotatable bonds is 5. The quantitative estimate of drug-likeness (QED) is 0.806. The zero-order chi connectivity index (χ0) is 19.5. The SMILES string of the molecule is CC(OC(=O)c1nn(-c2ccccc2)c2c1CCC2)C(=O)NC1CCCCC1. The summed E-state index contributed by atoms with van der Waals surface area (Å²) >= 11 is 0. The van der Waals surface area contributed by atoms with E-state index in [1.54, 1.807) is 6.92 Å². The van der Waals surface area contributed by atoms with Gasteiger partial charge in [0, 0.05) is 17.3 Å². The molecule has 1 amide bonds. The van der Waals surface area contributed by atoms with Gasteiger partial charge in [0.05, 0.1) is 5.69 Å². The number of fused-ring (bicyclic) bond motifs is 1. The smallest absolute Gasteiger partial charge is 0.359 e. The second-order valence-electron chi connectivity index (χ2n) is 7.77. The fourth-order valence-corrected chi connectivity index (χ4v) is 4.22. The fourth-order valence-electron chi connectivity index (χ4n) is 4.22. The van der Waals surface area contributed by atoms with Crippen LogP contribution in [0.25, 0.3) is 5.69 Å². The maximum atomic E-state index is 12.8. The van der Waals surface area contributed by atoms with Crippen LogP contribution in [0.4, 0.5) is 0 Å². The first-order valence-corrected chi connectivity index (χ1v) is 10.3. The number of hydrogen-bond acceptors (Lipinski definition) is 4. The van der Waals surface area contributed by atoms with Gasteiger partial charge in [0.2, 0.25) is 0 Å². The number of carbonyl (C=O) groups excluding carboxylic acids is 2. The third-order valence-electron chi connectivity index (χ3n) is 5.73. The third kappa shape index (κ3) is 3.81. The van der Waals surface area contributed by atoms with Crippen LogP contribution < -0.4 is 5.32 Å². The molecule has 0 radical (unpaired) electrons. The second kappa shape index (κ2) is 8.17. The average Bonchev–Trinajstić information content (AvgIpc) is 3.32. The third-order valence-corrected chi connectivity index (χ3v) is 5.73. The maximum Gasteiger partial charge on any atom is 0.359 e. The minimum atomic E-state index is -0.826. The van der Waals surface area contributed by atoms with Crippen molar-refractivity contribution in [2.24, 2.45) is 0 Å². The molecular weight excluding hydrogens is 354 g/mol. The normalized spacial score (nSPS) is 17.8. The van der Waals surface area contributed by atoms with Crippen LogP contribution in [-0.4, -0.2) is 33.8 Å². The first-order valence-electron chi connectivity index (χ1n) is 10.3. The Bertz CT molecular complexity index is 853. The zero-order valence-corrected chi connectivity index (χ0v) is 16.3. The number of para-hydroxylation sites is 1. The first kappa shape index (κ1) is 18.7. The van der Waals surface area contributed by atoms with Gasteiger partial charge in [-0.1, -0.05) is 37.5 Å². The number of nitrogens with one attached hydrogen (secondary N) is 1. The van der Waals surface area contributed by atoms with Crippen molar-refractivity contribution < 1.29 is 14.3 Å². The predicted molar refractivity (Wildman–Crippen MR) is 105 cm³/mol. The molecule has 0 saturated heterocycles. The van der Waals surface area contributed by atoms with Crippen molar-refractivity contribution in [1.29, 1.82) is 0 Å². The molecule has 148 valence electrons. The van der Waals surface area contributed by atoms with Crippen LogP contribution in [0.1, 0.15) is 67.2 Å². The Kier molecular flexibility index (Phi) is 5.46. The number of amides is 1. The van der Waals surface area contributed by atoms with Crippen LogP contribution in [0.5, 0.6) is 0 Å². The van der Waals surface area contributed by atoms with Crippen molar-refractivity contribution >= 4 is 11.9 Å². The summed E-state index contributed by atoms with van der Waals surface area (Å²) in [7, 11) is 0. The second-order valence-corrected chi connectivity index (χ2v) is 7.77. The Morgan fingerprint density at radius 3 is 2.61 bits per heavy atom. The minimum Gasteiger partial charge on any atom is -0.448 e. The van der Waals surface area contributed by atoms with Gasteiger partial charge in [0.1, 0.15) is 0 Å². The van der Waals surface area contributed by atoms with Crippen LogP contribution >= 0.6 is 0 Å². The molecule has 2 aromatic rings. The van der Waals surface area contributed by atoms with Gasteiger partial charge in [-0.2, -0.15) is 5.10 Å². The molecule has 1 atom stereocenters. The zero-order valence-electron chi connectivity index (χ0n) is 16.3. The van der Waals surface area contributed by atoms with E-state index < -0.39 is 12.1 Å². The van der Waals surface area contributed by atoms with Crippen LogP contribution in [0.3, 0.4) is 0 Å². The van der Waals surface area contributed by atoms with Gasteiger partial charge in [-0.05, 0) is 51.2 Å². The molecule has 28 heavy (non-hydrogen) atoms. The Hall–Kier alpha value is -2.63. The van der Waals surface area contributed by atoms with Crippen LogP contribution in [0.15, 0.2) is 30.3 Å². The number of ether oxygens (including phenoxy) is 1. The molecule has 1 N–H and O–H groups in total. The average molecular weight is 381 g/mol. The Labute approximate surface area is 165 Å². The summed E-state index contributed by atoms with van der Waals surface area (Å²) in [6.07, 6.45) is 7.39. The van der Waals surface area contributed by atoms with Gasteiger partial charge in [0.25, 0.3) is 5.91 Å². The molecule has 0 spiro atoms. The van der Waals surface area contributed by atoms with Crippen molar-refractivity contribution in [2.45, 2.75) is 70.4 Å². The number of hydrogen-bond donors (Lipinski definition) is 1. The summed E-state index contributed by atoms with van der Waals surface area (Å²) in [6.45, 7) is 1.63. The molecule has 1 aromatic carbocycles. The van der Waals surface area contributed by atoms with Gasteiger partial charge in [0.15, 0.2) is 11.8 Å². The van der Waals surface area contributed by atoms with E-state index in [4.69, 9.17) is 4.74 Å². The number of carbonyl (C=O) groups is 2. The highest BCUT2D eigenvalue weighted by atomic mass is 16.5. The summed E-state index contributed by atoms with van der Waals surface area (Å²) in [4.78, 5) is 25.2. The topological polar surface area (TPSA) is 73.2 Å². The van der Waals surface area contributed by atoms with Crippen LogP contribution in [0.2, 0.25) is 0 Å². The van der Waals surface area contributed by atoms with E-state index in [2.05, 4.69) is 10.4 Å². The molecule has 4 rings (SSSR count). The van der Waals surface area contributed by atoms with Crippen molar-refractivity contribution in [3.63, 3.8) is 0 Å². The van der Waals surface area contributed by atoms with E-state index in [0.717, 1.165) is 61.9 Å². The van der Waals surface area contributed by atoms with Crippen molar-refractivity contribution in [2.75, 3.05) is 0 Å². The lowest BCUT2D eigenvalue weighted by molar-refractivity contribution is -0.130. The molecule has 2 aliphatic carbocycles. The summed E-state index contributed by atoms with van der Waals surface area (Å²) in [5.41, 5.74) is 3.29. The van der Waals surface area contributed by atoms with E-state index in [1.165, 1.54) is 6.42 Å². The standard InChI is InChI=1S/C22H27N3O3/c1-15(21(26)23-16-9-4-2-5-10-16)28-22(27)20-18-13-8-14-19(18)25(24-20)17-11-6-3-7-12-17/h3,6-7,11-12,15-16H,2,4-5,8-10,13-14H2,1H3,(H,23,26). The van der Waals surface area contributed by atoms with Gasteiger partial charge < -0.3 is 10.1 Å². The Morgan fingerprint density at radius 1 is 1.11 bits per heavy atom. The Balaban J connectivity index is 1.47. The number of nitrogens with zero attached hydrogens (tertiary/aromatic N) is 2. The molecule has 1 aromatic heterocycles. The van der Waals surface area contributed by atoms with E-state index in [1.807, 2.05) is 35.0 Å². The monoisotopic (exact) mass is 381 g/mol. The summed E-state index contributed by atoms with van der Waals surface area (Å²) in [5.74, 6) is -0.737. The van der Waals surface area contributed by atoms with Gasteiger partial charge in [-0.3, -0.25) is 4.79 Å². The minimum absolute atomic E-state index is 0.198. The molecule has 1 saturated carbocycles. The van der Waals surface area contributed by atoms with Gasteiger partial charge >= 0.3 is 5.97 Å². The summed E-state index contributed by atoms with van der Waals surface area (Å²) in [6, 6.07) is 10.0. The first-order chi connectivity index (χ1) is 13.6. The van der Waals surface area contributed by atoms with E-state index in [9.17, 15) is 9.59 Å². The molecule has 1 unspecified atom stereocenters. The van der Waals surface area contributed by atoms with Crippen molar-refractivity contribution in [3.05, 3.63) is 47.3 Å². The lowest BCUT2D eigenvalue weighted by Crippen LogP contribution is -2.42. The summed E-state index contributed by atoms with van der Waals surface area (Å²) in [5, 5.41) is 7.56. The molecular formula is C22H27N3O3. The molecule has 1 heterocycles. The highest BCUT2D eigenvalue weighted by Gasteiger charge is 2.30. The lowest BCUT2D eigenvalue weighted by Gasteiger charge is -2.24. The Morgan fingerprint density at radius 2 is 1.86 bits per heavy atom. The summed E-state index contributed by atoms with van der Waals surface area (Å²) < 4.78 is 7.33. The molecule has 6 nitrogen and oxygen atoms in total. The maximum absolute atomic E-state index is 12.8. The number of benzene rings is 1. The largest absolute Gasteiger partial charge is 0.448 e. The molecule has 0 aliphatic heterocycles. The van der Waals surface area contributed by atoms with Crippen LogP contribution in [0, 0.1) is 0 Å². The van der Waals surface area contributed by atoms with E-state index in [0.29, 0.717) is 5.69 Å². The molecule has 1 fully saturated rings. The highest BCUT2D eigenvalue weighted by Crippen LogP contribution is 2.28. The molecule has 2 aliphatic rings. The van der Waals surface area contributed by atoms with Crippen molar-refractivity contribution in [1.82, 2.24) is 15.1 Å². The predicted octanol–water partition coefficient (Wildman–Crippen LogP) is 3.36. The molecule has 0 bridgehead atoms. The van der Waals surface area contributed by atoms with Crippen molar-refractivity contribution in [3.8, 4) is 5.69 Å². The number of aromatic nitrogens is 2. The molecule has 6 heteroatoms. The van der Waals surface area contributed by atoms with E-state index >= 15 is 0 Å².